The summed E-state index contributed by atoms with van der Waals surface area (Å²) in [6.45, 7) is 6.32. The van der Waals surface area contributed by atoms with Crippen LogP contribution in [0.15, 0.2) is 126 Å². The molecule has 0 aliphatic heterocycles. The third-order valence-electron chi connectivity index (χ3n) is 7.26. The molecule has 5 aromatic carbocycles. The fourth-order valence-corrected chi connectivity index (χ4v) is 5.03. The lowest BCUT2D eigenvalue weighted by Crippen LogP contribution is -2.10. The SMILES string of the molecule is CC(C)(C)c1nc2ccc(-c3c(-c4ccc(C(=N)/C=C\C(=N)c5ccccc5)cc4)ccc4ccccc34)cc2o1. The normalized spacial score (nSPS) is 11.9. The van der Waals surface area contributed by atoms with Crippen molar-refractivity contribution in [1.29, 1.82) is 10.8 Å². The van der Waals surface area contributed by atoms with Gasteiger partial charge in [0.05, 0.1) is 11.4 Å². The van der Waals surface area contributed by atoms with Crippen molar-refractivity contribution in [3.8, 4) is 22.3 Å². The molecule has 0 amide bonds. The van der Waals surface area contributed by atoms with Crippen molar-refractivity contribution in [1.82, 2.24) is 4.98 Å². The van der Waals surface area contributed by atoms with Crippen LogP contribution in [-0.2, 0) is 5.41 Å². The van der Waals surface area contributed by atoms with Gasteiger partial charge in [0.2, 0.25) is 5.89 Å². The van der Waals surface area contributed by atoms with Crippen LogP contribution in [0.4, 0.5) is 0 Å². The lowest BCUT2D eigenvalue weighted by molar-refractivity contribution is 0.411. The molecule has 1 heterocycles. The van der Waals surface area contributed by atoms with Crippen molar-refractivity contribution in [3.05, 3.63) is 138 Å². The molecule has 0 aliphatic rings. The van der Waals surface area contributed by atoms with Crippen molar-refractivity contribution in [3.63, 3.8) is 0 Å². The second-order valence-electron chi connectivity index (χ2n) is 11.3. The van der Waals surface area contributed by atoms with E-state index in [-0.39, 0.29) is 5.41 Å². The molecule has 2 N–H and O–H groups in total. The van der Waals surface area contributed by atoms with Gasteiger partial charge < -0.3 is 15.2 Å². The van der Waals surface area contributed by atoms with Crippen LogP contribution < -0.4 is 0 Å². The molecule has 1 aromatic heterocycles. The van der Waals surface area contributed by atoms with Crippen LogP contribution >= 0.6 is 0 Å². The third kappa shape index (κ3) is 5.24. The van der Waals surface area contributed by atoms with E-state index in [2.05, 4.69) is 81.4 Å². The molecule has 0 aliphatic carbocycles. The standard InChI is InChI=1S/C37H31N3O/c1-37(2,3)36-40-33-22-18-28(23-34(33)41-36)35-29-12-8-7-9-24(29)17-19-30(35)25-13-15-27(16-14-25)32(39)21-20-31(38)26-10-5-4-6-11-26/h4-23,38-39H,1-3H3/b21-20-,38-31?,39-32?. The van der Waals surface area contributed by atoms with Crippen molar-refractivity contribution in [2.24, 2.45) is 0 Å². The van der Waals surface area contributed by atoms with Gasteiger partial charge in [-0.15, -0.1) is 0 Å². The smallest absolute Gasteiger partial charge is 0.200 e. The highest BCUT2D eigenvalue weighted by Gasteiger charge is 2.21. The fraction of sp³-hybridized carbons (Fsp3) is 0.108. The van der Waals surface area contributed by atoms with E-state index in [9.17, 15) is 0 Å². The van der Waals surface area contributed by atoms with Gasteiger partial charge in [0.15, 0.2) is 5.58 Å². The van der Waals surface area contributed by atoms with Crippen molar-refractivity contribution in [2.75, 3.05) is 0 Å². The molecule has 0 atom stereocenters. The van der Waals surface area contributed by atoms with Crippen LogP contribution in [-0.4, -0.2) is 16.4 Å². The van der Waals surface area contributed by atoms with Gasteiger partial charge in [0.25, 0.3) is 0 Å². The first-order chi connectivity index (χ1) is 19.8. The second-order valence-corrected chi connectivity index (χ2v) is 11.3. The van der Waals surface area contributed by atoms with E-state index in [1.54, 1.807) is 12.2 Å². The first-order valence-electron chi connectivity index (χ1n) is 13.7. The molecule has 0 saturated heterocycles. The molecule has 0 spiro atoms. The molecule has 4 heteroatoms. The number of fused-ring (bicyclic) bond motifs is 2. The van der Waals surface area contributed by atoms with E-state index < -0.39 is 0 Å². The van der Waals surface area contributed by atoms with E-state index in [1.165, 1.54) is 10.8 Å². The summed E-state index contributed by atoms with van der Waals surface area (Å²) in [4.78, 5) is 4.73. The average molecular weight is 534 g/mol. The van der Waals surface area contributed by atoms with Gasteiger partial charge in [-0.05, 0) is 68.4 Å². The number of hydrogen-bond donors (Lipinski definition) is 2. The molecule has 6 rings (SSSR count). The Balaban J connectivity index is 1.37. The predicted molar refractivity (Wildman–Crippen MR) is 170 cm³/mol. The Bertz CT molecular complexity index is 1940. The number of allylic oxidation sites excluding steroid dienone is 2. The molecular formula is C37H31N3O. The molecular weight excluding hydrogens is 502 g/mol. The van der Waals surface area contributed by atoms with Gasteiger partial charge in [0.1, 0.15) is 5.52 Å². The predicted octanol–water partition coefficient (Wildman–Crippen LogP) is 9.60. The van der Waals surface area contributed by atoms with Gasteiger partial charge >= 0.3 is 0 Å². The topological polar surface area (TPSA) is 73.7 Å². The van der Waals surface area contributed by atoms with Crippen molar-refractivity contribution in [2.45, 2.75) is 26.2 Å². The van der Waals surface area contributed by atoms with Gasteiger partial charge in [-0.2, -0.15) is 0 Å². The van der Waals surface area contributed by atoms with Crippen LogP contribution in [0.25, 0.3) is 44.1 Å². The third-order valence-corrected chi connectivity index (χ3v) is 7.26. The molecule has 41 heavy (non-hydrogen) atoms. The Morgan fingerprint density at radius 2 is 1.32 bits per heavy atom. The van der Waals surface area contributed by atoms with Crippen molar-refractivity contribution < 1.29 is 4.42 Å². The number of oxazole rings is 1. The largest absolute Gasteiger partial charge is 0.440 e. The summed E-state index contributed by atoms with van der Waals surface area (Å²) in [7, 11) is 0. The maximum Gasteiger partial charge on any atom is 0.200 e. The summed E-state index contributed by atoms with van der Waals surface area (Å²) >= 11 is 0. The van der Waals surface area contributed by atoms with Gasteiger partial charge in [-0.1, -0.05) is 118 Å². The number of hydrogen-bond acceptors (Lipinski definition) is 4. The highest BCUT2D eigenvalue weighted by molar-refractivity contribution is 6.14. The minimum Gasteiger partial charge on any atom is -0.440 e. The highest BCUT2D eigenvalue weighted by atomic mass is 16.3. The average Bonchev–Trinajstić information content (AvgIpc) is 3.44. The summed E-state index contributed by atoms with van der Waals surface area (Å²) < 4.78 is 6.21. The maximum atomic E-state index is 8.57. The zero-order valence-electron chi connectivity index (χ0n) is 23.4. The maximum absolute atomic E-state index is 8.57. The number of nitrogens with zero attached hydrogens (tertiary/aromatic N) is 1. The van der Waals surface area contributed by atoms with Gasteiger partial charge in [-0.25, -0.2) is 4.98 Å². The Kier molecular flexibility index (Phi) is 6.68. The Morgan fingerprint density at radius 1 is 0.683 bits per heavy atom. The second kappa shape index (κ2) is 10.5. The van der Waals surface area contributed by atoms with Crippen LogP contribution in [0.1, 0.15) is 37.8 Å². The Hall–Kier alpha value is -5.09. The number of rotatable bonds is 6. The van der Waals surface area contributed by atoms with E-state index >= 15 is 0 Å². The minimum absolute atomic E-state index is 0.170. The number of nitrogens with one attached hydrogen (secondary N) is 2. The van der Waals surface area contributed by atoms with Crippen LogP contribution in [0.3, 0.4) is 0 Å². The fourth-order valence-electron chi connectivity index (χ4n) is 5.03. The molecule has 0 unspecified atom stereocenters. The zero-order valence-corrected chi connectivity index (χ0v) is 23.4. The lowest BCUT2D eigenvalue weighted by Gasteiger charge is -2.15. The number of benzene rings is 5. The minimum atomic E-state index is -0.170. The molecule has 0 bridgehead atoms. The molecule has 0 radical (unpaired) electrons. The molecule has 0 saturated carbocycles. The zero-order chi connectivity index (χ0) is 28.6. The quantitative estimate of drug-likeness (QED) is 0.209. The molecule has 6 aromatic rings. The van der Waals surface area contributed by atoms with E-state index in [4.69, 9.17) is 20.2 Å². The van der Waals surface area contributed by atoms with E-state index in [0.717, 1.165) is 50.4 Å². The van der Waals surface area contributed by atoms with Gasteiger partial charge in [0, 0.05) is 5.41 Å². The summed E-state index contributed by atoms with van der Waals surface area (Å²) in [5.74, 6) is 0.730. The van der Waals surface area contributed by atoms with E-state index in [0.29, 0.717) is 11.4 Å². The Labute approximate surface area is 240 Å². The van der Waals surface area contributed by atoms with Crippen molar-refractivity contribution >= 4 is 33.3 Å². The highest BCUT2D eigenvalue weighted by Crippen LogP contribution is 2.39. The molecule has 200 valence electrons. The first-order valence-corrected chi connectivity index (χ1v) is 13.7. The summed E-state index contributed by atoms with van der Waals surface area (Å²) in [6.07, 6.45) is 3.36. The van der Waals surface area contributed by atoms with Gasteiger partial charge in [-0.3, -0.25) is 0 Å². The Morgan fingerprint density at radius 3 is 2.02 bits per heavy atom. The first kappa shape index (κ1) is 26.1. The lowest BCUT2D eigenvalue weighted by atomic mass is 9.89. The number of aromatic nitrogens is 1. The van der Waals surface area contributed by atoms with E-state index in [1.807, 2.05) is 48.5 Å². The van der Waals surface area contributed by atoms with Crippen LogP contribution in [0, 0.1) is 10.8 Å². The monoisotopic (exact) mass is 533 g/mol. The van der Waals surface area contributed by atoms with Crippen LogP contribution in [0.5, 0.6) is 0 Å². The molecule has 0 fully saturated rings. The summed E-state index contributed by atoms with van der Waals surface area (Å²) in [5.41, 5.74) is 8.22. The summed E-state index contributed by atoms with van der Waals surface area (Å²) in [6, 6.07) is 36.7. The van der Waals surface area contributed by atoms with Crippen LogP contribution in [0.2, 0.25) is 0 Å². The molecule has 4 nitrogen and oxygen atoms in total. The summed E-state index contributed by atoms with van der Waals surface area (Å²) in [5, 5.41) is 19.2.